The molecule has 1 aliphatic heterocycles. The number of nitrogens with one attached hydrogen (secondary N) is 1. The highest BCUT2D eigenvalue weighted by atomic mass is 32.1. The van der Waals surface area contributed by atoms with Gasteiger partial charge in [-0.2, -0.15) is 0 Å². The van der Waals surface area contributed by atoms with Gasteiger partial charge in [-0.05, 0) is 48.6 Å². The third-order valence-electron chi connectivity index (χ3n) is 4.07. The van der Waals surface area contributed by atoms with E-state index in [-0.39, 0.29) is 17.9 Å². The van der Waals surface area contributed by atoms with Crippen molar-refractivity contribution in [2.75, 3.05) is 13.2 Å². The van der Waals surface area contributed by atoms with Crippen LogP contribution >= 0.6 is 11.3 Å². The fourth-order valence-electron chi connectivity index (χ4n) is 2.89. The molecule has 3 rings (SSSR count). The van der Waals surface area contributed by atoms with Crippen molar-refractivity contribution in [1.82, 2.24) is 5.32 Å². The first-order valence-electron chi connectivity index (χ1n) is 7.57. The van der Waals surface area contributed by atoms with Gasteiger partial charge < -0.3 is 10.1 Å². The number of ether oxygens (including phenoxy) is 1. The third kappa shape index (κ3) is 3.44. The molecule has 0 bridgehead atoms. The summed E-state index contributed by atoms with van der Waals surface area (Å²) in [4.78, 5) is 12.2. The smallest absolute Gasteiger partial charge is 0.223 e. The Labute approximate surface area is 129 Å². The van der Waals surface area contributed by atoms with Crippen molar-refractivity contribution < 1.29 is 9.53 Å². The first-order chi connectivity index (χ1) is 10.2. The van der Waals surface area contributed by atoms with E-state index in [4.69, 9.17) is 4.74 Å². The molecule has 1 atom stereocenters. The van der Waals surface area contributed by atoms with Gasteiger partial charge in [0.2, 0.25) is 5.91 Å². The van der Waals surface area contributed by atoms with Crippen molar-refractivity contribution >= 4 is 27.3 Å². The minimum absolute atomic E-state index is 0.125. The molecule has 1 aromatic carbocycles. The molecule has 1 unspecified atom stereocenters. The standard InChI is InChI=1S/C17H21NO2S/c1-12(18-17(19)13-6-8-20-9-7-13)10-14-11-21-16-5-3-2-4-15(14)16/h2-5,11-13H,6-10H2,1H3,(H,18,19). The Morgan fingerprint density at radius 3 is 2.95 bits per heavy atom. The molecule has 112 valence electrons. The summed E-state index contributed by atoms with van der Waals surface area (Å²) in [5, 5.41) is 6.69. The fourth-order valence-corrected chi connectivity index (χ4v) is 3.87. The maximum absolute atomic E-state index is 12.2. The molecule has 2 heterocycles. The number of amides is 1. The molecule has 0 saturated carbocycles. The van der Waals surface area contributed by atoms with E-state index in [1.54, 1.807) is 11.3 Å². The second kappa shape index (κ2) is 6.58. The summed E-state index contributed by atoms with van der Waals surface area (Å²) in [7, 11) is 0. The van der Waals surface area contributed by atoms with Gasteiger partial charge >= 0.3 is 0 Å². The van der Waals surface area contributed by atoms with Crippen molar-refractivity contribution in [1.29, 1.82) is 0 Å². The van der Waals surface area contributed by atoms with Crippen molar-refractivity contribution in [3.05, 3.63) is 35.2 Å². The molecule has 1 N–H and O–H groups in total. The summed E-state index contributed by atoms with van der Waals surface area (Å²) in [6, 6.07) is 8.62. The molecule has 0 aliphatic carbocycles. The van der Waals surface area contributed by atoms with Crippen LogP contribution in [0.1, 0.15) is 25.3 Å². The maximum atomic E-state index is 12.2. The van der Waals surface area contributed by atoms with Crippen molar-refractivity contribution in [2.24, 2.45) is 5.92 Å². The molecular weight excluding hydrogens is 282 g/mol. The van der Waals surface area contributed by atoms with Crippen LogP contribution in [0.4, 0.5) is 0 Å². The van der Waals surface area contributed by atoms with Crippen LogP contribution in [-0.2, 0) is 16.0 Å². The van der Waals surface area contributed by atoms with E-state index in [1.807, 2.05) is 0 Å². The molecule has 0 radical (unpaired) electrons. The maximum Gasteiger partial charge on any atom is 0.223 e. The predicted molar refractivity (Wildman–Crippen MR) is 86.7 cm³/mol. The lowest BCUT2D eigenvalue weighted by atomic mass is 9.98. The Morgan fingerprint density at radius 2 is 2.14 bits per heavy atom. The SMILES string of the molecule is CC(Cc1csc2ccccc12)NC(=O)C1CCOCC1. The Balaban J connectivity index is 1.60. The number of benzene rings is 1. The highest BCUT2D eigenvalue weighted by molar-refractivity contribution is 7.17. The van der Waals surface area contributed by atoms with Crippen LogP contribution in [0, 0.1) is 5.92 Å². The van der Waals surface area contributed by atoms with E-state index < -0.39 is 0 Å². The van der Waals surface area contributed by atoms with Crippen LogP contribution in [0.25, 0.3) is 10.1 Å². The lowest BCUT2D eigenvalue weighted by Crippen LogP contribution is -2.40. The fraction of sp³-hybridized carbons (Fsp3) is 0.471. The van der Waals surface area contributed by atoms with E-state index >= 15 is 0 Å². The summed E-state index contributed by atoms with van der Waals surface area (Å²) >= 11 is 1.77. The molecule has 1 aliphatic rings. The van der Waals surface area contributed by atoms with E-state index in [0.717, 1.165) is 19.3 Å². The van der Waals surface area contributed by atoms with Crippen LogP contribution in [0.5, 0.6) is 0 Å². The Hall–Kier alpha value is -1.39. The quantitative estimate of drug-likeness (QED) is 0.940. The van der Waals surface area contributed by atoms with Gasteiger partial charge in [-0.3, -0.25) is 4.79 Å². The van der Waals surface area contributed by atoms with Crippen molar-refractivity contribution in [3.63, 3.8) is 0 Å². The molecule has 1 fully saturated rings. The summed E-state index contributed by atoms with van der Waals surface area (Å²) in [6.07, 6.45) is 2.58. The van der Waals surface area contributed by atoms with E-state index in [0.29, 0.717) is 13.2 Å². The number of thiophene rings is 1. The summed E-state index contributed by atoms with van der Waals surface area (Å²) in [5.74, 6) is 0.311. The molecule has 21 heavy (non-hydrogen) atoms. The monoisotopic (exact) mass is 303 g/mol. The molecule has 0 spiro atoms. The summed E-state index contributed by atoms with van der Waals surface area (Å²) in [5.41, 5.74) is 1.33. The highest BCUT2D eigenvalue weighted by Crippen LogP contribution is 2.26. The number of fused-ring (bicyclic) bond motifs is 1. The Kier molecular flexibility index (Phi) is 4.56. The zero-order valence-corrected chi connectivity index (χ0v) is 13.1. The topological polar surface area (TPSA) is 38.3 Å². The first-order valence-corrected chi connectivity index (χ1v) is 8.45. The molecule has 1 aromatic heterocycles. The van der Waals surface area contributed by atoms with Crippen LogP contribution in [0.2, 0.25) is 0 Å². The van der Waals surface area contributed by atoms with Gasteiger partial charge in [0.1, 0.15) is 0 Å². The normalized spacial score (nSPS) is 17.8. The van der Waals surface area contributed by atoms with Crippen molar-refractivity contribution in [3.8, 4) is 0 Å². The van der Waals surface area contributed by atoms with Gasteiger partial charge in [0.15, 0.2) is 0 Å². The van der Waals surface area contributed by atoms with Crippen LogP contribution < -0.4 is 5.32 Å². The molecule has 1 amide bonds. The van der Waals surface area contributed by atoms with E-state index in [9.17, 15) is 4.79 Å². The highest BCUT2D eigenvalue weighted by Gasteiger charge is 2.22. The predicted octanol–water partition coefficient (Wildman–Crippen LogP) is 3.38. The Bertz CT molecular complexity index is 616. The second-order valence-corrected chi connectivity index (χ2v) is 6.67. The summed E-state index contributed by atoms with van der Waals surface area (Å²) in [6.45, 7) is 3.51. The molecular formula is C17H21NO2S. The molecule has 2 aromatic rings. The van der Waals surface area contributed by atoms with Gasteiger partial charge in [0, 0.05) is 29.9 Å². The number of hydrogen-bond donors (Lipinski definition) is 1. The average Bonchev–Trinajstić information content (AvgIpc) is 2.91. The lowest BCUT2D eigenvalue weighted by molar-refractivity contribution is -0.128. The number of carbonyl (C=O) groups excluding carboxylic acids is 1. The number of carbonyl (C=O) groups is 1. The Morgan fingerprint density at radius 1 is 1.38 bits per heavy atom. The lowest BCUT2D eigenvalue weighted by Gasteiger charge is -2.23. The van der Waals surface area contributed by atoms with Gasteiger partial charge in [-0.1, -0.05) is 18.2 Å². The van der Waals surface area contributed by atoms with E-state index in [2.05, 4.69) is 41.9 Å². The largest absolute Gasteiger partial charge is 0.381 e. The molecule has 1 saturated heterocycles. The molecule has 3 nitrogen and oxygen atoms in total. The van der Waals surface area contributed by atoms with Crippen LogP contribution in [0.15, 0.2) is 29.6 Å². The van der Waals surface area contributed by atoms with E-state index in [1.165, 1.54) is 15.6 Å². The number of rotatable bonds is 4. The van der Waals surface area contributed by atoms with Gasteiger partial charge in [0.05, 0.1) is 0 Å². The second-order valence-electron chi connectivity index (χ2n) is 5.76. The van der Waals surface area contributed by atoms with Gasteiger partial charge in [-0.25, -0.2) is 0 Å². The zero-order chi connectivity index (χ0) is 14.7. The number of hydrogen-bond acceptors (Lipinski definition) is 3. The summed E-state index contributed by atoms with van der Waals surface area (Å²) < 4.78 is 6.62. The zero-order valence-electron chi connectivity index (χ0n) is 12.3. The van der Waals surface area contributed by atoms with Gasteiger partial charge in [0.25, 0.3) is 0 Å². The average molecular weight is 303 g/mol. The first kappa shape index (κ1) is 14.5. The van der Waals surface area contributed by atoms with Gasteiger partial charge in [-0.15, -0.1) is 11.3 Å². The van der Waals surface area contributed by atoms with Crippen molar-refractivity contribution in [2.45, 2.75) is 32.2 Å². The minimum Gasteiger partial charge on any atom is -0.381 e. The third-order valence-corrected chi connectivity index (χ3v) is 5.08. The minimum atomic E-state index is 0.125. The van der Waals surface area contributed by atoms with Crippen LogP contribution in [0.3, 0.4) is 0 Å². The van der Waals surface area contributed by atoms with Crippen LogP contribution in [-0.4, -0.2) is 25.2 Å². The molecule has 4 heteroatoms.